The summed E-state index contributed by atoms with van der Waals surface area (Å²) in [5, 5.41) is 21.8. The molecule has 0 aliphatic heterocycles. The standard InChI is InChI=1S/C35H39F17N2O6SSi/c1-6-11-25(53(18-23-12-7-8-13-24(23)19-55)61(58,59)27-15-10-9-14-26(27)54(56)57)20-60-62(21(2)3,22(4)5)17-16-28(36,37)29(38,39)30(40,41)31(42,43)32(44,45)33(46,47)34(48,49)35(50,51)52/h6-10,12-15,21-22,25,55H,1,11,16-20H2,2-5H3/t25-/m1/s1. The normalized spacial score (nSPS) is 15.1. The Bertz CT molecular complexity index is 1990. The van der Waals surface area contributed by atoms with Crippen LogP contribution in [0.15, 0.2) is 66.1 Å². The Morgan fingerprint density at radius 1 is 0.742 bits per heavy atom. The fourth-order valence-electron chi connectivity index (χ4n) is 6.46. The predicted molar refractivity (Wildman–Crippen MR) is 189 cm³/mol. The molecule has 0 fully saturated rings. The van der Waals surface area contributed by atoms with Crippen LogP contribution < -0.4 is 0 Å². The number of nitro benzene ring substituents is 1. The van der Waals surface area contributed by atoms with Crippen molar-refractivity contribution in [3.63, 3.8) is 0 Å². The van der Waals surface area contributed by atoms with Crippen molar-refractivity contribution in [1.82, 2.24) is 4.31 Å². The van der Waals surface area contributed by atoms with Crippen LogP contribution in [0.2, 0.25) is 17.1 Å². The van der Waals surface area contributed by atoms with Gasteiger partial charge in [0.25, 0.3) is 15.7 Å². The minimum atomic E-state index is -8.77. The summed E-state index contributed by atoms with van der Waals surface area (Å²) in [4.78, 5) is 9.94. The molecule has 2 aromatic carbocycles. The lowest BCUT2D eigenvalue weighted by Crippen LogP contribution is -2.74. The number of halogens is 17. The maximum absolute atomic E-state index is 15.3. The van der Waals surface area contributed by atoms with Crippen LogP contribution in [-0.4, -0.2) is 91.4 Å². The molecule has 0 aromatic heterocycles. The number of nitrogens with zero attached hydrogens (tertiary/aromatic N) is 2. The molecule has 1 atom stereocenters. The van der Waals surface area contributed by atoms with E-state index >= 15 is 8.78 Å². The molecule has 0 radical (unpaired) electrons. The number of benzene rings is 2. The predicted octanol–water partition coefficient (Wildman–Crippen LogP) is 11.4. The van der Waals surface area contributed by atoms with Crippen molar-refractivity contribution in [2.24, 2.45) is 0 Å². The van der Waals surface area contributed by atoms with Gasteiger partial charge in [0.05, 0.1) is 24.2 Å². The van der Waals surface area contributed by atoms with Crippen LogP contribution in [0, 0.1) is 10.1 Å². The molecular weight excluding hydrogens is 928 g/mol. The van der Waals surface area contributed by atoms with Crippen molar-refractivity contribution in [1.29, 1.82) is 0 Å². The van der Waals surface area contributed by atoms with Gasteiger partial charge in [0, 0.05) is 19.0 Å². The minimum absolute atomic E-state index is 0.104. The molecule has 0 heterocycles. The molecule has 2 aromatic rings. The highest BCUT2D eigenvalue weighted by molar-refractivity contribution is 7.89. The van der Waals surface area contributed by atoms with E-state index in [1.807, 2.05) is 0 Å². The number of nitro groups is 1. The first kappa shape index (κ1) is 54.6. The molecule has 0 saturated carbocycles. The smallest absolute Gasteiger partial charge is 0.415 e. The van der Waals surface area contributed by atoms with Gasteiger partial charge < -0.3 is 9.53 Å². The van der Waals surface area contributed by atoms with E-state index in [2.05, 4.69) is 6.58 Å². The molecule has 1 N–H and O–H groups in total. The van der Waals surface area contributed by atoms with Gasteiger partial charge >= 0.3 is 47.6 Å². The van der Waals surface area contributed by atoms with Crippen molar-refractivity contribution < 1.29 is 97.5 Å². The second kappa shape index (κ2) is 18.5. The zero-order valence-corrected chi connectivity index (χ0v) is 34.4. The van der Waals surface area contributed by atoms with Crippen molar-refractivity contribution in [2.45, 2.75) is 129 Å². The summed E-state index contributed by atoms with van der Waals surface area (Å²) in [6, 6.07) is 6.42. The average molecular weight is 967 g/mol. The van der Waals surface area contributed by atoms with E-state index in [-0.39, 0.29) is 11.1 Å². The molecule has 354 valence electrons. The zero-order valence-electron chi connectivity index (χ0n) is 32.6. The first-order valence-corrected chi connectivity index (χ1v) is 21.5. The van der Waals surface area contributed by atoms with Crippen molar-refractivity contribution in [3.8, 4) is 0 Å². The highest BCUT2D eigenvalue weighted by Crippen LogP contribution is 2.64. The number of rotatable bonds is 23. The van der Waals surface area contributed by atoms with E-state index in [1.54, 1.807) is 0 Å². The van der Waals surface area contributed by atoms with Crippen LogP contribution in [0.1, 0.15) is 51.7 Å². The zero-order chi connectivity index (χ0) is 48.5. The molecule has 0 bridgehead atoms. The van der Waals surface area contributed by atoms with Crippen LogP contribution in [-0.2, 0) is 27.6 Å². The van der Waals surface area contributed by atoms with Crippen LogP contribution in [0.5, 0.6) is 0 Å². The number of alkyl halides is 17. The maximum Gasteiger partial charge on any atom is 0.460 e. The Balaban J connectivity index is 2.71. The fraction of sp³-hybridized carbons (Fsp3) is 0.600. The Kier molecular flexibility index (Phi) is 16.3. The van der Waals surface area contributed by atoms with Gasteiger partial charge in [-0.25, -0.2) is 8.42 Å². The Morgan fingerprint density at radius 2 is 1.18 bits per heavy atom. The molecule has 8 nitrogen and oxygen atoms in total. The molecular formula is C35H39F17N2O6SSi. The van der Waals surface area contributed by atoms with Gasteiger partial charge in [0.2, 0.25) is 0 Å². The summed E-state index contributed by atoms with van der Waals surface area (Å²) in [6.07, 6.45) is -9.95. The van der Waals surface area contributed by atoms with Gasteiger partial charge in [0.1, 0.15) is 0 Å². The second-order valence-electron chi connectivity index (χ2n) is 14.6. The van der Waals surface area contributed by atoms with Crippen LogP contribution >= 0.6 is 0 Å². The second-order valence-corrected chi connectivity index (χ2v) is 21.5. The van der Waals surface area contributed by atoms with Gasteiger partial charge in [-0.3, -0.25) is 10.1 Å². The first-order chi connectivity index (χ1) is 27.9. The third-order valence-corrected chi connectivity index (χ3v) is 17.8. The van der Waals surface area contributed by atoms with Gasteiger partial charge in [-0.15, -0.1) is 6.58 Å². The minimum Gasteiger partial charge on any atom is -0.415 e. The quantitative estimate of drug-likeness (QED) is 0.0391. The van der Waals surface area contributed by atoms with E-state index < -0.39 is 137 Å². The number of aliphatic hydroxyl groups excluding tert-OH is 1. The van der Waals surface area contributed by atoms with E-state index in [4.69, 9.17) is 4.43 Å². The molecule has 0 amide bonds. The van der Waals surface area contributed by atoms with Crippen LogP contribution in [0.3, 0.4) is 0 Å². The topological polar surface area (TPSA) is 110 Å². The first-order valence-electron chi connectivity index (χ1n) is 17.7. The van der Waals surface area contributed by atoms with Crippen LogP contribution in [0.25, 0.3) is 0 Å². The van der Waals surface area contributed by atoms with Gasteiger partial charge in [0.15, 0.2) is 13.2 Å². The molecule has 62 heavy (non-hydrogen) atoms. The summed E-state index contributed by atoms with van der Waals surface area (Å²) < 4.78 is 273. The van der Waals surface area contributed by atoms with Gasteiger partial charge in [-0.05, 0) is 40.7 Å². The Labute approximate surface area is 344 Å². The third-order valence-electron chi connectivity index (χ3n) is 10.2. The number of aliphatic hydroxyl groups is 1. The Hall–Kier alpha value is -3.56. The third kappa shape index (κ3) is 9.46. The Morgan fingerprint density at radius 3 is 1.61 bits per heavy atom. The van der Waals surface area contributed by atoms with E-state index in [9.17, 15) is 89.5 Å². The molecule has 2 rings (SSSR count). The summed E-state index contributed by atoms with van der Waals surface area (Å²) in [5.41, 5.74) is -2.90. The summed E-state index contributed by atoms with van der Waals surface area (Å²) in [5.74, 6) is -57.5. The largest absolute Gasteiger partial charge is 0.460 e. The molecule has 0 aliphatic rings. The number of hydrogen-bond acceptors (Lipinski definition) is 6. The lowest BCUT2D eigenvalue weighted by Gasteiger charge is -2.44. The number of hydrogen-bond donors (Lipinski definition) is 1. The summed E-state index contributed by atoms with van der Waals surface area (Å²) in [7, 11) is -9.47. The molecule has 0 saturated heterocycles. The van der Waals surface area contributed by atoms with E-state index in [0.29, 0.717) is 4.31 Å². The number of para-hydroxylation sites is 1. The lowest BCUT2D eigenvalue weighted by molar-refractivity contribution is -0.461. The van der Waals surface area contributed by atoms with Crippen LogP contribution in [0.4, 0.5) is 80.3 Å². The highest BCUT2D eigenvalue weighted by atomic mass is 32.2. The maximum atomic E-state index is 15.3. The van der Waals surface area contributed by atoms with E-state index in [0.717, 1.165) is 30.3 Å². The van der Waals surface area contributed by atoms with Gasteiger partial charge in [-0.2, -0.15) is 78.9 Å². The number of sulfonamides is 1. The van der Waals surface area contributed by atoms with Gasteiger partial charge in [-0.1, -0.05) is 70.2 Å². The summed E-state index contributed by atoms with van der Waals surface area (Å²) in [6.45, 7) is 6.02. The van der Waals surface area contributed by atoms with E-state index in [1.165, 1.54) is 52.0 Å². The monoisotopic (exact) mass is 966 g/mol. The SMILES string of the molecule is C=CC[C@H](CO[Si](CCC(F)(F)C(F)(F)C(F)(F)C(F)(F)C(F)(F)C(F)(F)C(F)(F)C(F)(F)F)(C(C)C)C(C)C)N(Cc1ccccc1CO)S(=O)(=O)c1ccccc1[N+](=O)[O-]. The highest BCUT2D eigenvalue weighted by Gasteiger charge is 2.95. The molecule has 0 aliphatic carbocycles. The molecule has 0 spiro atoms. The average Bonchev–Trinajstić information content (AvgIpc) is 3.15. The lowest BCUT2D eigenvalue weighted by atomic mass is 9.88. The molecule has 0 unspecified atom stereocenters. The van der Waals surface area contributed by atoms with Crippen molar-refractivity contribution in [3.05, 3.63) is 82.4 Å². The van der Waals surface area contributed by atoms with Crippen molar-refractivity contribution in [2.75, 3.05) is 6.61 Å². The van der Waals surface area contributed by atoms with Crippen molar-refractivity contribution >= 4 is 24.0 Å². The fourth-order valence-corrected chi connectivity index (χ4v) is 12.7. The summed E-state index contributed by atoms with van der Waals surface area (Å²) >= 11 is 0. The molecule has 27 heteroatoms.